The van der Waals surface area contributed by atoms with Crippen LogP contribution in [0, 0.1) is 12.8 Å². The first kappa shape index (κ1) is 9.69. The lowest BCUT2D eigenvalue weighted by Crippen LogP contribution is -2.26. The zero-order valence-corrected chi connectivity index (χ0v) is 9.94. The van der Waals surface area contributed by atoms with Crippen LogP contribution in [0.4, 0.5) is 5.95 Å². The molecule has 0 amide bonds. The third kappa shape index (κ3) is 1.11. The summed E-state index contributed by atoms with van der Waals surface area (Å²) in [7, 11) is 1.95. The molecule has 16 heavy (non-hydrogen) atoms. The first-order valence-electron chi connectivity index (χ1n) is 5.75. The highest BCUT2D eigenvalue weighted by Crippen LogP contribution is 2.40. The summed E-state index contributed by atoms with van der Waals surface area (Å²) in [6.45, 7) is 4.25. The van der Waals surface area contributed by atoms with Crippen LogP contribution in [0.25, 0.3) is 11.2 Å². The Labute approximate surface area is 94.2 Å². The lowest BCUT2D eigenvalue weighted by atomic mass is 9.82. The molecule has 2 N–H and O–H groups in total. The molecule has 2 aromatic heterocycles. The molecular formula is C11H17N5. The van der Waals surface area contributed by atoms with Crippen molar-refractivity contribution in [1.29, 1.82) is 0 Å². The molecule has 2 aromatic rings. The van der Waals surface area contributed by atoms with E-state index < -0.39 is 0 Å². The van der Waals surface area contributed by atoms with Crippen molar-refractivity contribution in [3.8, 4) is 0 Å². The molecule has 1 aliphatic rings. The molecule has 0 aliphatic heterocycles. The van der Waals surface area contributed by atoms with Gasteiger partial charge >= 0.3 is 0 Å². The fraction of sp³-hybridized carbons (Fsp3) is 0.636. The van der Waals surface area contributed by atoms with Crippen molar-refractivity contribution in [3.63, 3.8) is 0 Å². The Kier molecular flexibility index (Phi) is 1.81. The number of rotatable bonds is 1. The predicted molar refractivity (Wildman–Crippen MR) is 63.1 cm³/mol. The lowest BCUT2D eigenvalue weighted by Gasteiger charge is -2.34. The van der Waals surface area contributed by atoms with Crippen LogP contribution in [0.2, 0.25) is 0 Å². The minimum atomic E-state index is 0.509. The van der Waals surface area contributed by atoms with E-state index in [9.17, 15) is 0 Å². The van der Waals surface area contributed by atoms with Gasteiger partial charge in [0.25, 0.3) is 0 Å². The fourth-order valence-corrected chi connectivity index (χ4v) is 2.74. The maximum absolute atomic E-state index is 6.00. The SMILES string of the molecule is Cc1nn(C)c2c1nc(N)n2C1CC(C)C1. The number of hydrogen-bond acceptors (Lipinski definition) is 3. The molecule has 2 heterocycles. The summed E-state index contributed by atoms with van der Waals surface area (Å²) in [5.74, 6) is 1.43. The number of aromatic nitrogens is 4. The molecule has 0 aromatic carbocycles. The third-order valence-electron chi connectivity index (χ3n) is 3.58. The number of imidazole rings is 1. The molecule has 0 radical (unpaired) electrons. The van der Waals surface area contributed by atoms with Gasteiger partial charge < -0.3 is 5.73 Å². The summed E-state index contributed by atoms with van der Waals surface area (Å²) in [6, 6.07) is 0.509. The number of hydrogen-bond donors (Lipinski definition) is 1. The van der Waals surface area contributed by atoms with Crippen LogP contribution in [0.15, 0.2) is 0 Å². The second-order valence-corrected chi connectivity index (χ2v) is 4.95. The Morgan fingerprint density at radius 1 is 1.38 bits per heavy atom. The van der Waals surface area contributed by atoms with Crippen molar-refractivity contribution in [1.82, 2.24) is 19.3 Å². The summed E-state index contributed by atoms with van der Waals surface area (Å²) in [6.07, 6.45) is 2.39. The van der Waals surface area contributed by atoms with Gasteiger partial charge in [0.2, 0.25) is 5.95 Å². The van der Waals surface area contributed by atoms with Gasteiger partial charge in [0, 0.05) is 13.1 Å². The average molecular weight is 219 g/mol. The maximum Gasteiger partial charge on any atom is 0.202 e. The zero-order valence-electron chi connectivity index (χ0n) is 9.94. The number of nitrogen functional groups attached to an aromatic ring is 1. The van der Waals surface area contributed by atoms with Gasteiger partial charge in [-0.25, -0.2) is 4.98 Å². The van der Waals surface area contributed by atoms with E-state index in [-0.39, 0.29) is 0 Å². The quantitative estimate of drug-likeness (QED) is 0.793. The van der Waals surface area contributed by atoms with E-state index in [0.29, 0.717) is 12.0 Å². The predicted octanol–water partition coefficient (Wildman–Crippen LogP) is 1.63. The third-order valence-corrected chi connectivity index (χ3v) is 3.58. The van der Waals surface area contributed by atoms with Crippen molar-refractivity contribution >= 4 is 17.1 Å². The first-order chi connectivity index (χ1) is 7.58. The van der Waals surface area contributed by atoms with Crippen LogP contribution >= 0.6 is 0 Å². The normalized spacial score (nSPS) is 24.9. The maximum atomic E-state index is 6.00. The highest BCUT2D eigenvalue weighted by Gasteiger charge is 2.31. The van der Waals surface area contributed by atoms with Crippen LogP contribution in [0.1, 0.15) is 31.5 Å². The van der Waals surface area contributed by atoms with Crippen molar-refractivity contribution in [2.75, 3.05) is 5.73 Å². The highest BCUT2D eigenvalue weighted by atomic mass is 15.4. The lowest BCUT2D eigenvalue weighted by molar-refractivity contribution is 0.221. The van der Waals surface area contributed by atoms with Gasteiger partial charge in [-0.3, -0.25) is 9.25 Å². The molecule has 86 valence electrons. The molecular weight excluding hydrogens is 202 g/mol. The van der Waals surface area contributed by atoms with E-state index in [2.05, 4.69) is 21.6 Å². The molecule has 3 rings (SSSR count). The van der Waals surface area contributed by atoms with Gasteiger partial charge in [0.1, 0.15) is 5.52 Å². The summed E-state index contributed by atoms with van der Waals surface area (Å²) in [4.78, 5) is 4.42. The molecule has 0 saturated heterocycles. The minimum Gasteiger partial charge on any atom is -0.369 e. The molecule has 1 saturated carbocycles. The Hall–Kier alpha value is -1.52. The van der Waals surface area contributed by atoms with Gasteiger partial charge in [-0.15, -0.1) is 0 Å². The van der Waals surface area contributed by atoms with E-state index >= 15 is 0 Å². The van der Waals surface area contributed by atoms with Crippen LogP contribution in [-0.2, 0) is 7.05 Å². The average Bonchev–Trinajstić information content (AvgIpc) is 2.62. The Morgan fingerprint density at radius 2 is 2.06 bits per heavy atom. The van der Waals surface area contributed by atoms with E-state index in [1.807, 2.05) is 18.7 Å². The van der Waals surface area contributed by atoms with Crippen molar-refractivity contribution in [2.45, 2.75) is 32.7 Å². The molecule has 5 heteroatoms. The Balaban J connectivity index is 2.19. The van der Waals surface area contributed by atoms with E-state index in [1.165, 1.54) is 12.8 Å². The number of fused-ring (bicyclic) bond motifs is 1. The van der Waals surface area contributed by atoms with Crippen molar-refractivity contribution in [2.24, 2.45) is 13.0 Å². The molecule has 1 fully saturated rings. The largest absolute Gasteiger partial charge is 0.369 e. The van der Waals surface area contributed by atoms with Gasteiger partial charge in [-0.2, -0.15) is 5.10 Å². The van der Waals surface area contributed by atoms with E-state index in [1.54, 1.807) is 0 Å². The van der Waals surface area contributed by atoms with Gasteiger partial charge in [-0.05, 0) is 25.7 Å². The second kappa shape index (κ2) is 2.99. The van der Waals surface area contributed by atoms with Crippen molar-refractivity contribution in [3.05, 3.63) is 5.69 Å². The standard InChI is InChI=1S/C11H17N5/c1-6-4-8(5-6)16-10-9(13-11(16)12)7(2)14-15(10)3/h6,8H,4-5H2,1-3H3,(H2,12,13). The van der Waals surface area contributed by atoms with Gasteiger partial charge in [0.15, 0.2) is 5.65 Å². The highest BCUT2D eigenvalue weighted by molar-refractivity contribution is 5.77. The summed E-state index contributed by atoms with van der Waals surface area (Å²) < 4.78 is 4.03. The van der Waals surface area contributed by atoms with Gasteiger partial charge in [-0.1, -0.05) is 6.92 Å². The smallest absolute Gasteiger partial charge is 0.202 e. The van der Waals surface area contributed by atoms with Crippen LogP contribution < -0.4 is 5.73 Å². The van der Waals surface area contributed by atoms with Crippen molar-refractivity contribution < 1.29 is 0 Å². The Morgan fingerprint density at radius 3 is 2.69 bits per heavy atom. The number of anilines is 1. The molecule has 5 nitrogen and oxygen atoms in total. The summed E-state index contributed by atoms with van der Waals surface area (Å²) in [5, 5.41) is 4.39. The summed E-state index contributed by atoms with van der Waals surface area (Å²) in [5.41, 5.74) is 8.96. The topological polar surface area (TPSA) is 61.7 Å². The van der Waals surface area contributed by atoms with Crippen LogP contribution in [0.3, 0.4) is 0 Å². The molecule has 0 unspecified atom stereocenters. The fourth-order valence-electron chi connectivity index (χ4n) is 2.74. The molecule has 0 bridgehead atoms. The number of nitrogens with two attached hydrogens (primary N) is 1. The van der Waals surface area contributed by atoms with Gasteiger partial charge in [0.05, 0.1) is 5.69 Å². The van der Waals surface area contributed by atoms with E-state index in [4.69, 9.17) is 5.73 Å². The molecule has 1 aliphatic carbocycles. The molecule has 0 atom stereocenters. The van der Waals surface area contributed by atoms with E-state index in [0.717, 1.165) is 22.8 Å². The van der Waals surface area contributed by atoms with Crippen LogP contribution in [0.5, 0.6) is 0 Å². The zero-order chi connectivity index (χ0) is 11.4. The minimum absolute atomic E-state index is 0.509. The first-order valence-corrected chi connectivity index (χ1v) is 5.75. The second-order valence-electron chi connectivity index (χ2n) is 4.95. The number of nitrogens with zero attached hydrogens (tertiary/aromatic N) is 4. The molecule has 0 spiro atoms. The van der Waals surface area contributed by atoms with Crippen LogP contribution in [-0.4, -0.2) is 19.3 Å². The summed E-state index contributed by atoms with van der Waals surface area (Å²) >= 11 is 0. The Bertz CT molecular complexity index is 544. The monoisotopic (exact) mass is 219 g/mol. The number of aryl methyl sites for hydroxylation is 2.